The minimum atomic E-state index is -4.07. The number of carbonyl (C=O) groups is 2. The van der Waals surface area contributed by atoms with E-state index in [0.717, 1.165) is 9.87 Å². The van der Waals surface area contributed by atoms with Crippen molar-refractivity contribution in [1.82, 2.24) is 0 Å². The van der Waals surface area contributed by atoms with Gasteiger partial charge < -0.3 is 9.47 Å². The van der Waals surface area contributed by atoms with Gasteiger partial charge in [-0.3, -0.25) is 9.10 Å². The Balaban J connectivity index is 2.61. The van der Waals surface area contributed by atoms with Crippen molar-refractivity contribution in [3.8, 4) is 0 Å². The molecule has 2 rings (SSSR count). The van der Waals surface area contributed by atoms with E-state index in [1.807, 2.05) is 6.92 Å². The lowest BCUT2D eigenvalue weighted by Crippen LogP contribution is -2.37. The molecule has 0 unspecified atom stereocenters. The molecule has 0 N–H and O–H groups in total. The lowest BCUT2D eigenvalue weighted by molar-refractivity contribution is -0.138. The third-order valence-electron chi connectivity index (χ3n) is 4.18. The fraction of sp³-hybridized carbons (Fsp3) is 0.300. The van der Waals surface area contributed by atoms with Gasteiger partial charge in [-0.2, -0.15) is 0 Å². The molecule has 8 heteroatoms. The highest BCUT2D eigenvalue weighted by atomic mass is 32.2. The molecule has 0 aromatic heterocycles. The van der Waals surface area contributed by atoms with Crippen LogP contribution in [0.25, 0.3) is 0 Å². The Morgan fingerprint density at radius 3 is 2.25 bits per heavy atom. The lowest BCUT2D eigenvalue weighted by Gasteiger charge is -2.25. The number of aryl methyl sites for hydroxylation is 1. The molecule has 0 saturated heterocycles. The van der Waals surface area contributed by atoms with Gasteiger partial charge >= 0.3 is 11.9 Å². The summed E-state index contributed by atoms with van der Waals surface area (Å²) in [6.45, 7) is 4.80. The SMILES string of the molecule is CCOC(=O)c1cccc(N(CC(=O)OC)S(=O)(=O)c2ccc(C)cc2)c1C. The summed E-state index contributed by atoms with van der Waals surface area (Å²) in [6.07, 6.45) is 0. The van der Waals surface area contributed by atoms with Crippen molar-refractivity contribution in [2.75, 3.05) is 24.6 Å². The molecule has 28 heavy (non-hydrogen) atoms. The minimum Gasteiger partial charge on any atom is -0.468 e. The summed E-state index contributed by atoms with van der Waals surface area (Å²) in [5, 5.41) is 0. The molecule has 0 fully saturated rings. The highest BCUT2D eigenvalue weighted by molar-refractivity contribution is 7.92. The van der Waals surface area contributed by atoms with Crippen molar-refractivity contribution >= 4 is 27.6 Å². The number of carbonyl (C=O) groups excluding carboxylic acids is 2. The highest BCUT2D eigenvalue weighted by Gasteiger charge is 2.30. The molecule has 150 valence electrons. The monoisotopic (exact) mass is 405 g/mol. The number of nitrogens with zero attached hydrogens (tertiary/aromatic N) is 1. The molecule has 0 aliphatic heterocycles. The second kappa shape index (κ2) is 8.88. The largest absolute Gasteiger partial charge is 0.468 e. The van der Waals surface area contributed by atoms with Gasteiger partial charge in [-0.05, 0) is 50.6 Å². The molecule has 0 saturated carbocycles. The maximum Gasteiger partial charge on any atom is 0.338 e. The second-order valence-electron chi connectivity index (χ2n) is 6.07. The number of sulfonamides is 1. The first-order valence-electron chi connectivity index (χ1n) is 8.65. The van der Waals surface area contributed by atoms with Crippen LogP contribution in [0.15, 0.2) is 47.4 Å². The van der Waals surface area contributed by atoms with Crippen LogP contribution < -0.4 is 4.31 Å². The highest BCUT2D eigenvalue weighted by Crippen LogP contribution is 2.29. The third kappa shape index (κ3) is 4.51. The third-order valence-corrected chi connectivity index (χ3v) is 5.95. The second-order valence-corrected chi connectivity index (χ2v) is 7.93. The van der Waals surface area contributed by atoms with E-state index in [2.05, 4.69) is 4.74 Å². The molecular formula is C20H23NO6S. The van der Waals surface area contributed by atoms with Gasteiger partial charge in [0.2, 0.25) is 0 Å². The maximum absolute atomic E-state index is 13.3. The zero-order chi connectivity index (χ0) is 20.9. The molecule has 0 aliphatic rings. The summed E-state index contributed by atoms with van der Waals surface area (Å²) in [7, 11) is -2.89. The minimum absolute atomic E-state index is 0.0305. The Kier molecular flexibility index (Phi) is 6.80. The van der Waals surface area contributed by atoms with E-state index in [1.165, 1.54) is 25.3 Å². The molecule has 0 radical (unpaired) electrons. The van der Waals surface area contributed by atoms with Gasteiger partial charge in [0.25, 0.3) is 10.0 Å². The van der Waals surface area contributed by atoms with Crippen LogP contribution in [0.3, 0.4) is 0 Å². The Labute approximate surface area is 164 Å². The van der Waals surface area contributed by atoms with Crippen molar-refractivity contribution in [3.05, 3.63) is 59.2 Å². The number of esters is 2. The average molecular weight is 405 g/mol. The van der Waals surface area contributed by atoms with Gasteiger partial charge in [0, 0.05) is 0 Å². The first-order chi connectivity index (χ1) is 13.2. The van der Waals surface area contributed by atoms with Crippen LogP contribution in [0.4, 0.5) is 5.69 Å². The van der Waals surface area contributed by atoms with E-state index >= 15 is 0 Å². The fourth-order valence-electron chi connectivity index (χ4n) is 2.64. The first kappa shape index (κ1) is 21.4. The number of benzene rings is 2. The first-order valence-corrected chi connectivity index (χ1v) is 10.1. The van der Waals surface area contributed by atoms with Gasteiger partial charge in [0.1, 0.15) is 6.54 Å². The van der Waals surface area contributed by atoms with Crippen LogP contribution in [-0.2, 0) is 24.3 Å². The molecule has 0 bridgehead atoms. The maximum atomic E-state index is 13.3. The molecule has 0 atom stereocenters. The summed E-state index contributed by atoms with van der Waals surface area (Å²) in [6, 6.07) is 10.9. The van der Waals surface area contributed by atoms with Crippen LogP contribution in [0.5, 0.6) is 0 Å². The normalized spacial score (nSPS) is 11.0. The van der Waals surface area contributed by atoms with E-state index in [9.17, 15) is 18.0 Å². The number of ether oxygens (including phenoxy) is 2. The van der Waals surface area contributed by atoms with Gasteiger partial charge in [0.05, 0.1) is 29.9 Å². The van der Waals surface area contributed by atoms with E-state index in [4.69, 9.17) is 4.74 Å². The van der Waals surface area contributed by atoms with E-state index in [1.54, 1.807) is 38.1 Å². The van der Waals surface area contributed by atoms with Crippen LogP contribution in [-0.4, -0.2) is 40.6 Å². The Bertz CT molecular complexity index is 967. The Morgan fingerprint density at radius 1 is 1.04 bits per heavy atom. The van der Waals surface area contributed by atoms with Crippen molar-refractivity contribution < 1.29 is 27.5 Å². The van der Waals surface area contributed by atoms with Crippen molar-refractivity contribution in [2.24, 2.45) is 0 Å². The molecule has 0 spiro atoms. The lowest BCUT2D eigenvalue weighted by atomic mass is 10.1. The van der Waals surface area contributed by atoms with Crippen LogP contribution in [0.2, 0.25) is 0 Å². The molecule has 2 aromatic rings. The molecule has 7 nitrogen and oxygen atoms in total. The smallest absolute Gasteiger partial charge is 0.338 e. The van der Waals surface area contributed by atoms with Gasteiger partial charge in [0.15, 0.2) is 0 Å². The summed E-state index contributed by atoms with van der Waals surface area (Å²) in [5.74, 6) is -1.29. The van der Waals surface area contributed by atoms with Crippen molar-refractivity contribution in [1.29, 1.82) is 0 Å². The predicted molar refractivity (Wildman–Crippen MR) is 105 cm³/mol. The standard InChI is InChI=1S/C20H23NO6S/c1-5-27-20(23)17-7-6-8-18(15(17)3)21(13-19(22)26-4)28(24,25)16-11-9-14(2)10-12-16/h6-12H,5,13H2,1-4H3. The predicted octanol–water partition coefficient (Wildman–Crippen LogP) is 2.85. The zero-order valence-corrected chi connectivity index (χ0v) is 17.1. The summed E-state index contributed by atoms with van der Waals surface area (Å²) in [4.78, 5) is 24.2. The summed E-state index contributed by atoms with van der Waals surface area (Å²) in [5.41, 5.74) is 1.73. The summed E-state index contributed by atoms with van der Waals surface area (Å²) >= 11 is 0. The van der Waals surface area contributed by atoms with Crippen molar-refractivity contribution in [3.63, 3.8) is 0 Å². The Hall–Kier alpha value is -2.87. The molecule has 0 amide bonds. The van der Waals surface area contributed by atoms with Crippen LogP contribution in [0, 0.1) is 13.8 Å². The average Bonchev–Trinajstić information content (AvgIpc) is 2.66. The number of methoxy groups -OCH3 is 1. The Morgan fingerprint density at radius 2 is 1.68 bits per heavy atom. The quantitative estimate of drug-likeness (QED) is 0.658. The van der Waals surface area contributed by atoms with Crippen molar-refractivity contribution in [2.45, 2.75) is 25.7 Å². The number of hydrogen-bond donors (Lipinski definition) is 0. The summed E-state index contributed by atoms with van der Waals surface area (Å²) < 4.78 is 37.2. The van der Waals surface area contributed by atoms with Gasteiger partial charge in [-0.25, -0.2) is 13.2 Å². The van der Waals surface area contributed by atoms with E-state index < -0.39 is 28.5 Å². The topological polar surface area (TPSA) is 90.0 Å². The van der Waals surface area contributed by atoms with Crippen LogP contribution >= 0.6 is 0 Å². The number of anilines is 1. The number of hydrogen-bond acceptors (Lipinski definition) is 6. The molecular weight excluding hydrogens is 382 g/mol. The van der Waals surface area contributed by atoms with E-state index in [0.29, 0.717) is 5.56 Å². The number of rotatable bonds is 7. The molecule has 0 heterocycles. The molecule has 0 aliphatic carbocycles. The van der Waals surface area contributed by atoms with Gasteiger partial charge in [-0.15, -0.1) is 0 Å². The van der Waals surface area contributed by atoms with Crippen LogP contribution in [0.1, 0.15) is 28.4 Å². The zero-order valence-electron chi connectivity index (χ0n) is 16.3. The molecule has 2 aromatic carbocycles. The van der Waals surface area contributed by atoms with E-state index in [-0.39, 0.29) is 22.8 Å². The fourth-order valence-corrected chi connectivity index (χ4v) is 4.11. The van der Waals surface area contributed by atoms with Gasteiger partial charge in [-0.1, -0.05) is 23.8 Å².